The number of carbonyl (C=O) groups is 3. The quantitative estimate of drug-likeness (QED) is 0.365. The van der Waals surface area contributed by atoms with Crippen LogP contribution in [-0.2, 0) is 27.2 Å². The predicted octanol–water partition coefficient (Wildman–Crippen LogP) is 1.00. The van der Waals surface area contributed by atoms with Crippen molar-refractivity contribution in [2.75, 3.05) is 7.11 Å². The molecule has 2 atom stereocenters. The van der Waals surface area contributed by atoms with E-state index in [1.807, 2.05) is 0 Å². The molecule has 3 amide bonds. The molecule has 0 bridgehead atoms. The van der Waals surface area contributed by atoms with Crippen molar-refractivity contribution in [1.82, 2.24) is 10.6 Å². The Kier molecular flexibility index (Phi) is 8.22. The second-order valence-corrected chi connectivity index (χ2v) is 7.01. The number of halogens is 1. The maximum absolute atomic E-state index is 13.5. The van der Waals surface area contributed by atoms with Gasteiger partial charge in [-0.15, -0.1) is 0 Å². The lowest BCUT2D eigenvalue weighted by Crippen LogP contribution is -2.54. The maximum atomic E-state index is 13.5. The Morgan fingerprint density at radius 1 is 1.12 bits per heavy atom. The molecule has 0 spiro atoms. The number of hydrogen-bond donors (Lipinski definition) is 3. The van der Waals surface area contributed by atoms with Gasteiger partial charge in [0.1, 0.15) is 23.7 Å². The Hall–Kier alpha value is -4.02. The van der Waals surface area contributed by atoms with Crippen molar-refractivity contribution >= 4 is 23.4 Å². The van der Waals surface area contributed by atoms with Crippen LogP contribution in [0.2, 0.25) is 0 Å². The summed E-state index contributed by atoms with van der Waals surface area (Å²) < 4.78 is 18.7. The number of carbonyl (C=O) groups excluding carboxylic acids is 3. The van der Waals surface area contributed by atoms with Gasteiger partial charge in [0.2, 0.25) is 17.7 Å². The van der Waals surface area contributed by atoms with Gasteiger partial charge in [-0.2, -0.15) is 0 Å². The summed E-state index contributed by atoms with van der Waals surface area (Å²) in [6.07, 6.45) is -0.215. The minimum absolute atomic E-state index is 0.0330. The third-order valence-electron chi connectivity index (χ3n) is 4.58. The average molecular weight is 446 g/mol. The fourth-order valence-electron chi connectivity index (χ4n) is 3.11. The number of non-ortho nitro benzene ring substituents is 1. The number of nitrogens with two attached hydrogens (primary N) is 1. The van der Waals surface area contributed by atoms with Gasteiger partial charge in [-0.1, -0.05) is 12.1 Å². The summed E-state index contributed by atoms with van der Waals surface area (Å²) >= 11 is 0. The molecule has 0 aliphatic carbocycles. The maximum Gasteiger partial charge on any atom is 0.269 e. The number of nitrogens with zero attached hydrogens (tertiary/aromatic N) is 1. The fraction of sp³-hybridized carbons (Fsp3) is 0.286. The van der Waals surface area contributed by atoms with Crippen LogP contribution in [0.5, 0.6) is 5.75 Å². The zero-order chi connectivity index (χ0) is 23.8. The number of nitrogens with one attached hydrogen (secondary N) is 2. The van der Waals surface area contributed by atoms with Gasteiger partial charge in [0.25, 0.3) is 5.69 Å². The summed E-state index contributed by atoms with van der Waals surface area (Å²) in [6, 6.07) is 7.00. The van der Waals surface area contributed by atoms with Gasteiger partial charge in [-0.25, -0.2) is 4.39 Å². The first-order valence-corrected chi connectivity index (χ1v) is 9.53. The number of primary amides is 1. The minimum atomic E-state index is -1.25. The topological polar surface area (TPSA) is 154 Å². The van der Waals surface area contributed by atoms with E-state index in [1.165, 1.54) is 50.4 Å². The molecular weight excluding hydrogens is 423 g/mol. The van der Waals surface area contributed by atoms with Gasteiger partial charge in [-0.05, 0) is 23.8 Å². The Bertz CT molecular complexity index is 1030. The Labute approximate surface area is 183 Å². The molecule has 0 aromatic heterocycles. The number of nitro groups is 1. The molecule has 0 radical (unpaired) electrons. The van der Waals surface area contributed by atoms with Crippen LogP contribution in [0.1, 0.15) is 18.1 Å². The number of benzene rings is 2. The molecule has 0 saturated carbocycles. The molecular formula is C21H23FN4O6. The number of rotatable bonds is 10. The standard InChI is InChI=1S/C21H23FN4O6/c1-12(27)24-18(9-13-4-3-5-15(22)8-13)21(29)25-17(20(23)28)11-14-10-16(26(30)31)6-7-19(14)32-2/h3-8,10,17-18H,9,11H2,1-2H3,(H2,23,28)(H,24,27)(H,25,29)/t17-,18+/m0/s1. The average Bonchev–Trinajstić information content (AvgIpc) is 2.72. The smallest absolute Gasteiger partial charge is 0.269 e. The highest BCUT2D eigenvalue weighted by Crippen LogP contribution is 2.25. The zero-order valence-corrected chi connectivity index (χ0v) is 17.5. The second kappa shape index (κ2) is 10.8. The number of methoxy groups -OCH3 is 1. The molecule has 2 rings (SSSR count). The lowest BCUT2D eigenvalue weighted by molar-refractivity contribution is -0.384. The van der Waals surface area contributed by atoms with E-state index in [0.29, 0.717) is 5.56 Å². The molecule has 10 nitrogen and oxygen atoms in total. The molecule has 4 N–H and O–H groups in total. The van der Waals surface area contributed by atoms with Crippen LogP contribution in [-0.4, -0.2) is 41.8 Å². The molecule has 170 valence electrons. The van der Waals surface area contributed by atoms with E-state index in [1.54, 1.807) is 6.07 Å². The SMILES string of the molecule is COc1ccc([N+](=O)[O-])cc1C[C@H](NC(=O)[C@@H](Cc1cccc(F)c1)NC(C)=O)C(N)=O. The van der Waals surface area contributed by atoms with Gasteiger partial charge in [0, 0.05) is 37.5 Å². The third-order valence-corrected chi connectivity index (χ3v) is 4.58. The van der Waals surface area contributed by atoms with Gasteiger partial charge in [-0.3, -0.25) is 24.5 Å². The third kappa shape index (κ3) is 6.76. The molecule has 32 heavy (non-hydrogen) atoms. The van der Waals surface area contributed by atoms with Crippen LogP contribution >= 0.6 is 0 Å². The van der Waals surface area contributed by atoms with E-state index in [4.69, 9.17) is 10.5 Å². The van der Waals surface area contributed by atoms with Crippen LogP contribution in [0.3, 0.4) is 0 Å². The van der Waals surface area contributed by atoms with E-state index in [-0.39, 0.29) is 29.8 Å². The zero-order valence-electron chi connectivity index (χ0n) is 17.5. The van der Waals surface area contributed by atoms with E-state index in [2.05, 4.69) is 10.6 Å². The van der Waals surface area contributed by atoms with Gasteiger partial charge < -0.3 is 21.1 Å². The van der Waals surface area contributed by atoms with Gasteiger partial charge in [0.15, 0.2) is 0 Å². The van der Waals surface area contributed by atoms with Crippen molar-refractivity contribution in [1.29, 1.82) is 0 Å². The van der Waals surface area contributed by atoms with Crippen molar-refractivity contribution in [3.05, 3.63) is 69.5 Å². The molecule has 0 heterocycles. The summed E-state index contributed by atoms with van der Waals surface area (Å²) in [4.78, 5) is 46.9. The monoisotopic (exact) mass is 446 g/mol. The van der Waals surface area contributed by atoms with Crippen molar-refractivity contribution in [3.63, 3.8) is 0 Å². The van der Waals surface area contributed by atoms with E-state index >= 15 is 0 Å². The lowest BCUT2D eigenvalue weighted by atomic mass is 10.0. The first-order valence-electron chi connectivity index (χ1n) is 9.53. The number of ether oxygens (including phenoxy) is 1. The summed E-state index contributed by atoms with van der Waals surface area (Å²) in [5.74, 6) is -2.35. The normalized spacial score (nSPS) is 12.3. The summed E-state index contributed by atoms with van der Waals surface area (Å²) in [6.45, 7) is 1.21. The Balaban J connectivity index is 2.25. The van der Waals surface area contributed by atoms with Crippen LogP contribution in [0.25, 0.3) is 0 Å². The van der Waals surface area contributed by atoms with Crippen LogP contribution < -0.4 is 21.1 Å². The minimum Gasteiger partial charge on any atom is -0.496 e. The molecule has 2 aromatic carbocycles. The van der Waals surface area contributed by atoms with E-state index < -0.39 is 40.5 Å². The predicted molar refractivity (Wildman–Crippen MR) is 112 cm³/mol. The lowest BCUT2D eigenvalue weighted by Gasteiger charge is -2.22. The van der Waals surface area contributed by atoms with Crippen LogP contribution in [0.15, 0.2) is 42.5 Å². The van der Waals surface area contributed by atoms with Crippen molar-refractivity contribution < 1.29 is 28.4 Å². The van der Waals surface area contributed by atoms with E-state index in [0.717, 1.165) is 0 Å². The first kappa shape index (κ1) is 24.3. The Morgan fingerprint density at radius 3 is 2.41 bits per heavy atom. The highest BCUT2D eigenvalue weighted by molar-refractivity contribution is 5.91. The van der Waals surface area contributed by atoms with Crippen LogP contribution in [0.4, 0.5) is 10.1 Å². The molecule has 0 unspecified atom stereocenters. The summed E-state index contributed by atoms with van der Waals surface area (Å²) in [5.41, 5.74) is 5.94. The number of amides is 3. The largest absolute Gasteiger partial charge is 0.496 e. The van der Waals surface area contributed by atoms with Crippen LogP contribution in [0, 0.1) is 15.9 Å². The number of nitro benzene ring substituents is 1. The summed E-state index contributed by atoms with van der Waals surface area (Å²) in [5, 5.41) is 16.0. The molecule has 0 fully saturated rings. The second-order valence-electron chi connectivity index (χ2n) is 7.01. The fourth-order valence-corrected chi connectivity index (χ4v) is 3.11. The van der Waals surface area contributed by atoms with Gasteiger partial charge in [0.05, 0.1) is 12.0 Å². The molecule has 0 aliphatic rings. The molecule has 11 heteroatoms. The first-order chi connectivity index (χ1) is 15.1. The molecule has 2 aromatic rings. The van der Waals surface area contributed by atoms with Crippen molar-refractivity contribution in [2.24, 2.45) is 5.73 Å². The van der Waals surface area contributed by atoms with Crippen molar-refractivity contribution in [2.45, 2.75) is 31.8 Å². The van der Waals surface area contributed by atoms with Crippen molar-refractivity contribution in [3.8, 4) is 5.75 Å². The number of hydrogen-bond acceptors (Lipinski definition) is 6. The highest BCUT2D eigenvalue weighted by atomic mass is 19.1. The van der Waals surface area contributed by atoms with E-state index in [9.17, 15) is 28.9 Å². The Morgan fingerprint density at radius 2 is 1.84 bits per heavy atom. The summed E-state index contributed by atoms with van der Waals surface area (Å²) in [7, 11) is 1.36. The highest BCUT2D eigenvalue weighted by Gasteiger charge is 2.27. The van der Waals surface area contributed by atoms with Gasteiger partial charge >= 0.3 is 0 Å². The molecule has 0 aliphatic heterocycles. The molecule has 0 saturated heterocycles.